The molecule has 6 heteroatoms. The first-order valence-corrected chi connectivity index (χ1v) is 4.46. The quantitative estimate of drug-likeness (QED) is 0.882. The third-order valence-electron chi connectivity index (χ3n) is 1.71. The fourth-order valence-corrected chi connectivity index (χ4v) is 1.26. The summed E-state index contributed by atoms with van der Waals surface area (Å²) in [5, 5.41) is 8.23. The number of hydrogen-bond donors (Lipinski definition) is 1. The van der Waals surface area contributed by atoms with Crippen molar-refractivity contribution in [2.45, 2.75) is 6.54 Å². The van der Waals surface area contributed by atoms with E-state index in [0.717, 1.165) is 5.56 Å². The third kappa shape index (κ3) is 2.68. The number of aromatic nitrogens is 2. The highest BCUT2D eigenvalue weighted by Gasteiger charge is 2.06. The van der Waals surface area contributed by atoms with E-state index in [2.05, 4.69) is 10.2 Å². The number of rotatable bonds is 2. The van der Waals surface area contributed by atoms with Crippen LogP contribution >= 0.6 is 24.0 Å². The summed E-state index contributed by atoms with van der Waals surface area (Å²) in [6.45, 7) is 0.244. The summed E-state index contributed by atoms with van der Waals surface area (Å²) in [6, 6.07) is 7.21. The summed E-state index contributed by atoms with van der Waals surface area (Å²) in [7, 11) is 0. The molecule has 0 saturated carbocycles. The first kappa shape index (κ1) is 12.0. The average molecular weight is 246 g/mol. The molecule has 2 rings (SSSR count). The summed E-state index contributed by atoms with van der Waals surface area (Å²) in [5.74, 6) is 0.855. The summed E-state index contributed by atoms with van der Waals surface area (Å²) < 4.78 is 5.27. The second-order valence-electron chi connectivity index (χ2n) is 2.72. The van der Waals surface area contributed by atoms with Crippen molar-refractivity contribution >= 4 is 24.0 Å². The average Bonchev–Trinajstić information content (AvgIpc) is 2.66. The molecule has 80 valence electrons. The van der Waals surface area contributed by atoms with Crippen LogP contribution in [0.1, 0.15) is 5.89 Å². The fraction of sp³-hybridized carbons (Fsp3) is 0.111. The van der Waals surface area contributed by atoms with E-state index < -0.39 is 0 Å². The van der Waals surface area contributed by atoms with Gasteiger partial charge in [-0.05, 0) is 18.2 Å². The van der Waals surface area contributed by atoms with Crippen LogP contribution in [0, 0.1) is 0 Å². The Balaban J connectivity index is 0.00000112. The Bertz CT molecular complexity index is 444. The highest BCUT2D eigenvalue weighted by atomic mass is 35.5. The van der Waals surface area contributed by atoms with E-state index in [9.17, 15) is 0 Å². The summed E-state index contributed by atoms with van der Waals surface area (Å²) >= 11 is 5.82. The van der Waals surface area contributed by atoms with Crippen molar-refractivity contribution in [3.05, 3.63) is 35.2 Å². The Morgan fingerprint density at radius 2 is 2.13 bits per heavy atom. The van der Waals surface area contributed by atoms with Gasteiger partial charge in [-0.3, -0.25) is 0 Å². The minimum absolute atomic E-state index is 0. The third-order valence-corrected chi connectivity index (χ3v) is 1.95. The van der Waals surface area contributed by atoms with Gasteiger partial charge in [0.1, 0.15) is 0 Å². The second-order valence-corrected chi connectivity index (χ2v) is 3.15. The minimum atomic E-state index is 0. The van der Waals surface area contributed by atoms with Crippen LogP contribution in [0.5, 0.6) is 0 Å². The van der Waals surface area contributed by atoms with Gasteiger partial charge in [0.05, 0.1) is 6.54 Å². The second kappa shape index (κ2) is 5.11. The zero-order chi connectivity index (χ0) is 9.97. The molecular formula is C9H9Cl2N3O. The normalized spacial score (nSPS) is 9.73. The molecule has 0 bridgehead atoms. The number of nitrogens with two attached hydrogens (primary N) is 1. The molecule has 1 aromatic carbocycles. The maximum atomic E-state index is 5.82. The predicted molar refractivity (Wildman–Crippen MR) is 59.9 cm³/mol. The van der Waals surface area contributed by atoms with Crippen molar-refractivity contribution in [3.8, 4) is 11.5 Å². The molecule has 0 unspecified atom stereocenters. The molecule has 0 aliphatic rings. The van der Waals surface area contributed by atoms with Crippen LogP contribution in [0.2, 0.25) is 5.02 Å². The number of nitrogens with zero attached hydrogens (tertiary/aromatic N) is 2. The van der Waals surface area contributed by atoms with E-state index in [1.165, 1.54) is 0 Å². The Morgan fingerprint density at radius 3 is 2.73 bits per heavy atom. The van der Waals surface area contributed by atoms with Gasteiger partial charge in [0, 0.05) is 10.6 Å². The zero-order valence-corrected chi connectivity index (χ0v) is 9.26. The monoisotopic (exact) mass is 245 g/mol. The van der Waals surface area contributed by atoms with Gasteiger partial charge in [0.25, 0.3) is 0 Å². The lowest BCUT2D eigenvalue weighted by molar-refractivity contribution is 0.508. The van der Waals surface area contributed by atoms with Crippen molar-refractivity contribution < 1.29 is 4.42 Å². The molecule has 2 aromatic rings. The van der Waals surface area contributed by atoms with Crippen LogP contribution in [0.3, 0.4) is 0 Å². The van der Waals surface area contributed by atoms with E-state index in [4.69, 9.17) is 21.8 Å². The lowest BCUT2D eigenvalue weighted by atomic mass is 10.2. The maximum Gasteiger partial charge on any atom is 0.247 e. The number of halogens is 2. The molecule has 1 aromatic heterocycles. The van der Waals surface area contributed by atoms with E-state index in [0.29, 0.717) is 16.8 Å². The van der Waals surface area contributed by atoms with Crippen LogP contribution in [-0.4, -0.2) is 10.2 Å². The van der Waals surface area contributed by atoms with Gasteiger partial charge in [-0.1, -0.05) is 17.7 Å². The van der Waals surface area contributed by atoms with Crippen molar-refractivity contribution in [2.75, 3.05) is 0 Å². The Morgan fingerprint density at radius 1 is 1.33 bits per heavy atom. The minimum Gasteiger partial charge on any atom is -0.419 e. The Labute approximate surface area is 97.9 Å². The molecule has 0 aliphatic heterocycles. The lowest BCUT2D eigenvalue weighted by Gasteiger charge is -1.94. The molecule has 0 fully saturated rings. The molecule has 0 amide bonds. The number of hydrogen-bond acceptors (Lipinski definition) is 4. The van der Waals surface area contributed by atoms with Gasteiger partial charge in [-0.15, -0.1) is 22.6 Å². The van der Waals surface area contributed by atoms with Gasteiger partial charge >= 0.3 is 0 Å². The largest absolute Gasteiger partial charge is 0.419 e. The van der Waals surface area contributed by atoms with Crippen molar-refractivity contribution in [1.29, 1.82) is 0 Å². The standard InChI is InChI=1S/C9H8ClN3O.ClH/c10-7-3-1-2-6(4-7)9-13-12-8(5-11)14-9;/h1-4H,5,11H2;1H. The first-order chi connectivity index (χ1) is 6.79. The summed E-state index contributed by atoms with van der Waals surface area (Å²) in [6.07, 6.45) is 0. The maximum absolute atomic E-state index is 5.82. The van der Waals surface area contributed by atoms with Crippen molar-refractivity contribution in [1.82, 2.24) is 10.2 Å². The van der Waals surface area contributed by atoms with Gasteiger partial charge in [-0.2, -0.15) is 0 Å². The number of benzene rings is 1. The van der Waals surface area contributed by atoms with E-state index in [1.807, 2.05) is 12.1 Å². The van der Waals surface area contributed by atoms with Crippen LogP contribution in [-0.2, 0) is 6.54 Å². The molecule has 0 radical (unpaired) electrons. The SMILES string of the molecule is Cl.NCc1nnc(-c2cccc(Cl)c2)o1. The van der Waals surface area contributed by atoms with Gasteiger partial charge in [0.15, 0.2) is 0 Å². The van der Waals surface area contributed by atoms with E-state index in [1.54, 1.807) is 12.1 Å². The first-order valence-electron chi connectivity index (χ1n) is 4.08. The van der Waals surface area contributed by atoms with E-state index in [-0.39, 0.29) is 19.0 Å². The molecular weight excluding hydrogens is 237 g/mol. The van der Waals surface area contributed by atoms with Crippen molar-refractivity contribution in [2.24, 2.45) is 5.73 Å². The lowest BCUT2D eigenvalue weighted by Crippen LogP contribution is -1.95. The fourth-order valence-electron chi connectivity index (χ4n) is 1.07. The summed E-state index contributed by atoms with van der Waals surface area (Å²) in [5.41, 5.74) is 6.14. The van der Waals surface area contributed by atoms with Gasteiger partial charge in [0.2, 0.25) is 11.8 Å². The molecule has 0 spiro atoms. The zero-order valence-electron chi connectivity index (χ0n) is 7.68. The predicted octanol–water partition coefficient (Wildman–Crippen LogP) is 2.27. The molecule has 0 atom stereocenters. The topological polar surface area (TPSA) is 64.9 Å². The molecule has 15 heavy (non-hydrogen) atoms. The Kier molecular flexibility index (Phi) is 4.08. The van der Waals surface area contributed by atoms with E-state index >= 15 is 0 Å². The molecule has 1 heterocycles. The van der Waals surface area contributed by atoms with Gasteiger partial charge in [-0.25, -0.2) is 0 Å². The highest BCUT2D eigenvalue weighted by molar-refractivity contribution is 6.30. The summed E-state index contributed by atoms with van der Waals surface area (Å²) in [4.78, 5) is 0. The van der Waals surface area contributed by atoms with Crippen LogP contribution in [0.4, 0.5) is 0 Å². The van der Waals surface area contributed by atoms with Crippen LogP contribution in [0.15, 0.2) is 28.7 Å². The molecule has 2 N–H and O–H groups in total. The Hall–Kier alpha value is -1.10. The molecule has 4 nitrogen and oxygen atoms in total. The highest BCUT2D eigenvalue weighted by Crippen LogP contribution is 2.20. The molecule has 0 aliphatic carbocycles. The van der Waals surface area contributed by atoms with Gasteiger partial charge < -0.3 is 10.2 Å². The smallest absolute Gasteiger partial charge is 0.247 e. The van der Waals surface area contributed by atoms with Crippen molar-refractivity contribution in [3.63, 3.8) is 0 Å². The van der Waals surface area contributed by atoms with Crippen LogP contribution in [0.25, 0.3) is 11.5 Å². The molecule has 0 saturated heterocycles. The van der Waals surface area contributed by atoms with Crippen LogP contribution < -0.4 is 5.73 Å².